The van der Waals surface area contributed by atoms with Gasteiger partial charge in [-0.3, -0.25) is 4.79 Å². The Morgan fingerprint density at radius 2 is 2.17 bits per heavy atom. The fraction of sp³-hybridized carbons (Fsp3) is 0.286. The first-order chi connectivity index (χ1) is 8.72. The molecule has 0 aliphatic rings. The van der Waals surface area contributed by atoms with Crippen LogP contribution in [0.1, 0.15) is 29.5 Å². The monoisotopic (exact) mass is 246 g/mol. The van der Waals surface area contributed by atoms with Crippen molar-refractivity contribution < 1.29 is 9.18 Å². The smallest absolute Gasteiger partial charge is 0.173 e. The maximum Gasteiger partial charge on any atom is 0.173 e. The molecular weight excluding hydrogens is 231 g/mol. The lowest BCUT2D eigenvalue weighted by molar-refractivity contribution is 0.0986. The third-order valence-corrected chi connectivity index (χ3v) is 2.76. The molecule has 1 heterocycles. The van der Waals surface area contributed by atoms with Crippen LogP contribution in [0.15, 0.2) is 36.7 Å². The van der Waals surface area contributed by atoms with Gasteiger partial charge in [-0.2, -0.15) is 0 Å². The van der Waals surface area contributed by atoms with E-state index in [9.17, 15) is 9.18 Å². The van der Waals surface area contributed by atoms with E-state index in [-0.39, 0.29) is 17.8 Å². The number of imidazole rings is 1. The summed E-state index contributed by atoms with van der Waals surface area (Å²) in [6.45, 7) is 2.88. The van der Waals surface area contributed by atoms with Crippen molar-refractivity contribution in [3.05, 3.63) is 53.9 Å². The van der Waals surface area contributed by atoms with Crippen LogP contribution < -0.4 is 0 Å². The summed E-state index contributed by atoms with van der Waals surface area (Å²) < 4.78 is 15.4. The average molecular weight is 246 g/mol. The van der Waals surface area contributed by atoms with Gasteiger partial charge in [-0.1, -0.05) is 19.1 Å². The highest BCUT2D eigenvalue weighted by molar-refractivity contribution is 5.97. The van der Waals surface area contributed by atoms with Gasteiger partial charge < -0.3 is 4.57 Å². The van der Waals surface area contributed by atoms with E-state index < -0.39 is 5.82 Å². The van der Waals surface area contributed by atoms with Gasteiger partial charge in [0.05, 0.1) is 12.0 Å². The second-order valence-electron chi connectivity index (χ2n) is 4.12. The Morgan fingerprint density at radius 3 is 2.89 bits per heavy atom. The number of aromatic nitrogens is 2. The van der Waals surface area contributed by atoms with Crippen LogP contribution >= 0.6 is 0 Å². The molecule has 0 spiro atoms. The molecule has 2 rings (SSSR count). The van der Waals surface area contributed by atoms with Gasteiger partial charge in [0.2, 0.25) is 0 Å². The summed E-state index contributed by atoms with van der Waals surface area (Å²) in [5.74, 6) is -0.0298. The molecule has 0 radical (unpaired) electrons. The Kier molecular flexibility index (Phi) is 3.87. The SMILES string of the molecule is CCCn1ccnc1CC(=O)c1ccccc1F. The normalized spacial score (nSPS) is 10.6. The van der Waals surface area contributed by atoms with Crippen molar-refractivity contribution in [2.75, 3.05) is 0 Å². The molecule has 0 aliphatic carbocycles. The van der Waals surface area contributed by atoms with Gasteiger partial charge in [-0.15, -0.1) is 0 Å². The van der Waals surface area contributed by atoms with Gasteiger partial charge in [0, 0.05) is 18.9 Å². The number of halogens is 1. The molecule has 1 aromatic heterocycles. The molecule has 0 saturated heterocycles. The number of rotatable bonds is 5. The van der Waals surface area contributed by atoms with Crippen molar-refractivity contribution in [2.24, 2.45) is 0 Å². The van der Waals surface area contributed by atoms with Crippen LogP contribution in [0.5, 0.6) is 0 Å². The van der Waals surface area contributed by atoms with Crippen LogP contribution in [-0.2, 0) is 13.0 Å². The van der Waals surface area contributed by atoms with Crippen molar-refractivity contribution in [3.63, 3.8) is 0 Å². The summed E-state index contributed by atoms with van der Waals surface area (Å²) in [4.78, 5) is 16.1. The van der Waals surface area contributed by atoms with Crippen LogP contribution in [0.2, 0.25) is 0 Å². The Labute approximate surface area is 105 Å². The maximum absolute atomic E-state index is 13.5. The number of nitrogens with zero attached hydrogens (tertiary/aromatic N) is 2. The van der Waals surface area contributed by atoms with Crippen LogP contribution in [0.3, 0.4) is 0 Å². The molecule has 18 heavy (non-hydrogen) atoms. The van der Waals surface area contributed by atoms with Crippen molar-refractivity contribution in [1.29, 1.82) is 0 Å². The van der Waals surface area contributed by atoms with Crippen LogP contribution in [-0.4, -0.2) is 15.3 Å². The summed E-state index contributed by atoms with van der Waals surface area (Å²) in [6.07, 6.45) is 4.61. The molecule has 0 aliphatic heterocycles. The van der Waals surface area contributed by atoms with Gasteiger partial charge in [-0.05, 0) is 18.6 Å². The fourth-order valence-corrected chi connectivity index (χ4v) is 1.88. The molecule has 1 aromatic carbocycles. The van der Waals surface area contributed by atoms with Crippen LogP contribution in [0.4, 0.5) is 4.39 Å². The number of carbonyl (C=O) groups is 1. The molecule has 0 amide bonds. The van der Waals surface area contributed by atoms with E-state index in [1.54, 1.807) is 18.3 Å². The zero-order valence-corrected chi connectivity index (χ0v) is 10.3. The second kappa shape index (κ2) is 5.58. The lowest BCUT2D eigenvalue weighted by atomic mass is 10.1. The molecule has 94 valence electrons. The zero-order chi connectivity index (χ0) is 13.0. The number of aryl methyl sites for hydroxylation is 1. The molecule has 4 heteroatoms. The summed E-state index contributed by atoms with van der Waals surface area (Å²) >= 11 is 0. The first kappa shape index (κ1) is 12.5. The predicted molar refractivity (Wildman–Crippen MR) is 67.0 cm³/mol. The highest BCUT2D eigenvalue weighted by Gasteiger charge is 2.14. The van der Waals surface area contributed by atoms with Crippen molar-refractivity contribution >= 4 is 5.78 Å². The quantitative estimate of drug-likeness (QED) is 0.760. The van der Waals surface area contributed by atoms with Crippen LogP contribution in [0, 0.1) is 5.82 Å². The molecular formula is C14H15FN2O. The topological polar surface area (TPSA) is 34.9 Å². The van der Waals surface area contributed by atoms with Gasteiger partial charge in [0.15, 0.2) is 5.78 Å². The minimum absolute atomic E-state index is 0.128. The lowest BCUT2D eigenvalue weighted by Crippen LogP contribution is -2.11. The van der Waals surface area contributed by atoms with Gasteiger partial charge in [0.1, 0.15) is 11.6 Å². The van der Waals surface area contributed by atoms with Crippen molar-refractivity contribution in [2.45, 2.75) is 26.3 Å². The summed E-state index contributed by atoms with van der Waals surface area (Å²) in [5, 5.41) is 0. The molecule has 2 aromatic rings. The first-order valence-electron chi connectivity index (χ1n) is 6.00. The first-order valence-corrected chi connectivity index (χ1v) is 6.00. The van der Waals surface area contributed by atoms with Crippen molar-refractivity contribution in [3.8, 4) is 0 Å². The number of hydrogen-bond acceptors (Lipinski definition) is 2. The van der Waals surface area contributed by atoms with E-state index >= 15 is 0 Å². The molecule has 0 atom stereocenters. The Hall–Kier alpha value is -1.97. The van der Waals surface area contributed by atoms with Crippen LogP contribution in [0.25, 0.3) is 0 Å². The van der Waals surface area contributed by atoms with E-state index in [0.29, 0.717) is 5.82 Å². The molecule has 0 saturated carbocycles. The highest BCUT2D eigenvalue weighted by atomic mass is 19.1. The highest BCUT2D eigenvalue weighted by Crippen LogP contribution is 2.11. The van der Waals surface area contributed by atoms with E-state index in [2.05, 4.69) is 11.9 Å². The molecule has 0 bridgehead atoms. The fourth-order valence-electron chi connectivity index (χ4n) is 1.88. The number of benzene rings is 1. The lowest BCUT2D eigenvalue weighted by Gasteiger charge is -2.06. The molecule has 0 unspecified atom stereocenters. The Bertz CT molecular complexity index is 548. The van der Waals surface area contributed by atoms with E-state index in [0.717, 1.165) is 13.0 Å². The minimum Gasteiger partial charge on any atom is -0.335 e. The maximum atomic E-state index is 13.5. The predicted octanol–water partition coefficient (Wildman–Crippen LogP) is 2.86. The van der Waals surface area contributed by atoms with E-state index in [1.807, 2.05) is 10.8 Å². The second-order valence-corrected chi connectivity index (χ2v) is 4.12. The van der Waals surface area contributed by atoms with Crippen molar-refractivity contribution in [1.82, 2.24) is 9.55 Å². The largest absolute Gasteiger partial charge is 0.335 e. The number of Topliss-reactive ketones (excluding diaryl/α,β-unsaturated/α-hetero) is 1. The Morgan fingerprint density at radius 1 is 1.39 bits per heavy atom. The molecule has 0 fully saturated rings. The Balaban J connectivity index is 2.17. The number of hydrogen-bond donors (Lipinski definition) is 0. The summed E-state index contributed by atoms with van der Waals surface area (Å²) in [5.41, 5.74) is 0.128. The third-order valence-electron chi connectivity index (χ3n) is 2.76. The van der Waals surface area contributed by atoms with Gasteiger partial charge in [-0.25, -0.2) is 9.37 Å². The average Bonchev–Trinajstić information content (AvgIpc) is 2.78. The van der Waals surface area contributed by atoms with E-state index in [4.69, 9.17) is 0 Å². The summed E-state index contributed by atoms with van der Waals surface area (Å²) in [7, 11) is 0. The number of carbonyl (C=O) groups excluding carboxylic acids is 1. The summed E-state index contributed by atoms with van der Waals surface area (Å²) in [6, 6.07) is 6.04. The third kappa shape index (κ3) is 2.64. The molecule has 0 N–H and O–H groups in total. The van der Waals surface area contributed by atoms with E-state index in [1.165, 1.54) is 12.1 Å². The minimum atomic E-state index is -0.476. The molecule has 3 nitrogen and oxygen atoms in total. The van der Waals surface area contributed by atoms with Gasteiger partial charge in [0.25, 0.3) is 0 Å². The zero-order valence-electron chi connectivity index (χ0n) is 10.3. The van der Waals surface area contributed by atoms with Gasteiger partial charge >= 0.3 is 0 Å². The standard InChI is InChI=1S/C14H15FN2O/c1-2-8-17-9-7-16-14(17)10-13(18)11-5-3-4-6-12(11)15/h3-7,9H,2,8,10H2,1H3. The number of ketones is 1.